The van der Waals surface area contributed by atoms with Gasteiger partial charge in [-0.25, -0.2) is 4.98 Å². The van der Waals surface area contributed by atoms with E-state index >= 15 is 0 Å². The third-order valence-corrected chi connectivity index (χ3v) is 4.20. The molecule has 0 spiro atoms. The Hall–Kier alpha value is -0.710. The highest BCUT2D eigenvalue weighted by molar-refractivity contribution is 9.10. The van der Waals surface area contributed by atoms with Gasteiger partial charge in [0, 0.05) is 27.9 Å². The Bertz CT molecular complexity index is 522. The van der Waals surface area contributed by atoms with E-state index in [1.165, 1.54) is 11.1 Å². The van der Waals surface area contributed by atoms with E-state index in [-0.39, 0.29) is 0 Å². The van der Waals surface area contributed by atoms with Gasteiger partial charge in [-0.15, -0.1) is 11.3 Å². The summed E-state index contributed by atoms with van der Waals surface area (Å²) in [6.45, 7) is 4.85. The molecule has 0 saturated carbocycles. The number of nitrogens with zero attached hydrogens (tertiary/aromatic N) is 1. The first-order chi connectivity index (χ1) is 8.11. The molecule has 0 radical (unpaired) electrons. The molecule has 4 heteroatoms. The van der Waals surface area contributed by atoms with Gasteiger partial charge < -0.3 is 5.73 Å². The van der Waals surface area contributed by atoms with Crippen LogP contribution in [0.1, 0.15) is 24.1 Å². The number of aryl methyl sites for hydroxylation is 1. The lowest BCUT2D eigenvalue weighted by Crippen LogP contribution is -2.08. The monoisotopic (exact) mass is 310 g/mol. The molecule has 2 rings (SSSR count). The summed E-state index contributed by atoms with van der Waals surface area (Å²) in [5, 5.41) is 3.17. The van der Waals surface area contributed by atoms with Crippen LogP contribution < -0.4 is 5.73 Å². The molecule has 1 heterocycles. The zero-order valence-corrected chi connectivity index (χ0v) is 12.3. The number of hydrogen-bond acceptors (Lipinski definition) is 3. The molecule has 2 nitrogen and oxygen atoms in total. The van der Waals surface area contributed by atoms with Crippen molar-refractivity contribution in [3.05, 3.63) is 39.3 Å². The maximum absolute atomic E-state index is 5.66. The molecule has 0 aliphatic heterocycles. The first kappa shape index (κ1) is 12.7. The fraction of sp³-hybridized carbons (Fsp3) is 0.308. The molecular weight excluding hydrogens is 296 g/mol. The summed E-state index contributed by atoms with van der Waals surface area (Å²) in [6, 6.07) is 6.27. The highest BCUT2D eigenvalue weighted by Gasteiger charge is 2.11. The van der Waals surface area contributed by atoms with Crippen LogP contribution in [0.3, 0.4) is 0 Å². The largest absolute Gasteiger partial charge is 0.330 e. The molecular formula is C13H15BrN2S. The van der Waals surface area contributed by atoms with Gasteiger partial charge in [0.15, 0.2) is 0 Å². The number of aromatic nitrogens is 1. The fourth-order valence-corrected chi connectivity index (χ4v) is 2.97. The summed E-state index contributed by atoms with van der Waals surface area (Å²) in [5.74, 6) is 0.326. The van der Waals surface area contributed by atoms with Crippen molar-refractivity contribution in [3.8, 4) is 10.6 Å². The van der Waals surface area contributed by atoms with Gasteiger partial charge in [-0.3, -0.25) is 0 Å². The van der Waals surface area contributed by atoms with Crippen LogP contribution in [0, 0.1) is 6.92 Å². The molecule has 0 amide bonds. The minimum Gasteiger partial charge on any atom is -0.330 e. The van der Waals surface area contributed by atoms with Crippen molar-refractivity contribution < 1.29 is 0 Å². The van der Waals surface area contributed by atoms with Crippen molar-refractivity contribution >= 4 is 27.3 Å². The van der Waals surface area contributed by atoms with E-state index in [0.717, 1.165) is 15.2 Å². The lowest BCUT2D eigenvalue weighted by atomic mass is 10.1. The Labute approximate surface area is 114 Å². The van der Waals surface area contributed by atoms with E-state index in [1.54, 1.807) is 11.3 Å². The van der Waals surface area contributed by atoms with E-state index in [9.17, 15) is 0 Å². The van der Waals surface area contributed by atoms with Crippen molar-refractivity contribution in [1.29, 1.82) is 0 Å². The predicted octanol–water partition coefficient (Wildman–Crippen LogP) is 3.94. The van der Waals surface area contributed by atoms with Crippen molar-refractivity contribution in [2.24, 2.45) is 5.73 Å². The van der Waals surface area contributed by atoms with Gasteiger partial charge in [0.2, 0.25) is 0 Å². The first-order valence-electron chi connectivity index (χ1n) is 5.54. The topological polar surface area (TPSA) is 38.9 Å². The molecule has 1 aromatic heterocycles. The van der Waals surface area contributed by atoms with E-state index in [1.807, 2.05) is 0 Å². The highest BCUT2D eigenvalue weighted by Crippen LogP contribution is 2.30. The molecule has 0 aliphatic rings. The van der Waals surface area contributed by atoms with Gasteiger partial charge in [-0.05, 0) is 24.6 Å². The minimum absolute atomic E-state index is 0.326. The van der Waals surface area contributed by atoms with E-state index in [2.05, 4.69) is 58.3 Å². The Kier molecular flexibility index (Phi) is 3.97. The second kappa shape index (κ2) is 5.29. The fourth-order valence-electron chi connectivity index (χ4n) is 1.58. The second-order valence-corrected chi connectivity index (χ2v) is 5.95. The van der Waals surface area contributed by atoms with Crippen LogP contribution in [0.5, 0.6) is 0 Å². The molecule has 17 heavy (non-hydrogen) atoms. The third-order valence-electron chi connectivity index (χ3n) is 2.81. The van der Waals surface area contributed by atoms with Gasteiger partial charge in [-0.1, -0.05) is 28.9 Å². The summed E-state index contributed by atoms with van der Waals surface area (Å²) in [7, 11) is 0. The summed E-state index contributed by atoms with van der Waals surface area (Å²) >= 11 is 5.18. The van der Waals surface area contributed by atoms with Crippen LogP contribution >= 0.6 is 27.3 Å². The summed E-state index contributed by atoms with van der Waals surface area (Å²) < 4.78 is 1.08. The average molecular weight is 311 g/mol. The number of rotatable bonds is 3. The second-order valence-electron chi connectivity index (χ2n) is 4.17. The Morgan fingerprint density at radius 2 is 2.24 bits per heavy atom. The van der Waals surface area contributed by atoms with E-state index < -0.39 is 0 Å². The van der Waals surface area contributed by atoms with Gasteiger partial charge in [0.25, 0.3) is 0 Å². The van der Waals surface area contributed by atoms with Gasteiger partial charge in [0.1, 0.15) is 5.01 Å². The first-order valence-corrected chi connectivity index (χ1v) is 7.21. The third kappa shape index (κ3) is 2.76. The molecule has 0 bridgehead atoms. The predicted molar refractivity (Wildman–Crippen MR) is 77.5 cm³/mol. The molecule has 0 aliphatic carbocycles. The molecule has 0 saturated heterocycles. The molecule has 1 atom stereocenters. The van der Waals surface area contributed by atoms with Gasteiger partial charge in [0.05, 0.1) is 5.69 Å². The zero-order chi connectivity index (χ0) is 12.4. The number of nitrogens with two attached hydrogens (primary N) is 1. The average Bonchev–Trinajstić information content (AvgIpc) is 2.80. The lowest BCUT2D eigenvalue weighted by molar-refractivity contribution is 0.752. The van der Waals surface area contributed by atoms with Crippen molar-refractivity contribution in [2.75, 3.05) is 6.54 Å². The highest BCUT2D eigenvalue weighted by atomic mass is 79.9. The smallest absolute Gasteiger partial charge is 0.123 e. The molecule has 1 aromatic carbocycles. The standard InChI is InChI=1S/C13H15BrN2S/c1-8-3-4-10(14)5-11(8)13-16-12(7-17-13)9(2)6-15/h3-5,7,9H,6,15H2,1-2H3. The quantitative estimate of drug-likeness (QED) is 0.932. The SMILES string of the molecule is Cc1ccc(Br)cc1-c1nc(C(C)CN)cs1. The van der Waals surface area contributed by atoms with Crippen LogP contribution in [0.4, 0.5) is 0 Å². The van der Waals surface area contributed by atoms with Crippen LogP contribution in [0.15, 0.2) is 28.1 Å². The minimum atomic E-state index is 0.326. The van der Waals surface area contributed by atoms with E-state index in [4.69, 9.17) is 5.73 Å². The number of benzene rings is 1. The Morgan fingerprint density at radius 1 is 1.47 bits per heavy atom. The molecule has 2 aromatic rings. The van der Waals surface area contributed by atoms with Crippen LogP contribution in [0.2, 0.25) is 0 Å². The van der Waals surface area contributed by atoms with Crippen LogP contribution in [0.25, 0.3) is 10.6 Å². The summed E-state index contributed by atoms with van der Waals surface area (Å²) in [4.78, 5) is 4.67. The summed E-state index contributed by atoms with van der Waals surface area (Å²) in [5.41, 5.74) is 9.19. The van der Waals surface area contributed by atoms with Gasteiger partial charge in [-0.2, -0.15) is 0 Å². The maximum Gasteiger partial charge on any atom is 0.123 e. The van der Waals surface area contributed by atoms with E-state index in [0.29, 0.717) is 12.5 Å². The molecule has 1 unspecified atom stereocenters. The summed E-state index contributed by atoms with van der Waals surface area (Å²) in [6.07, 6.45) is 0. The Balaban J connectivity index is 2.40. The molecule has 90 valence electrons. The van der Waals surface area contributed by atoms with Crippen LogP contribution in [-0.2, 0) is 0 Å². The number of thiazole rings is 1. The van der Waals surface area contributed by atoms with Crippen LogP contribution in [-0.4, -0.2) is 11.5 Å². The number of hydrogen-bond donors (Lipinski definition) is 1. The molecule has 2 N–H and O–H groups in total. The van der Waals surface area contributed by atoms with Crippen molar-refractivity contribution in [2.45, 2.75) is 19.8 Å². The normalized spacial score (nSPS) is 12.7. The van der Waals surface area contributed by atoms with Gasteiger partial charge >= 0.3 is 0 Å². The van der Waals surface area contributed by atoms with Crippen molar-refractivity contribution in [3.63, 3.8) is 0 Å². The Morgan fingerprint density at radius 3 is 2.94 bits per heavy atom. The lowest BCUT2D eigenvalue weighted by Gasteiger charge is -2.04. The number of halogens is 1. The maximum atomic E-state index is 5.66. The molecule has 0 fully saturated rings. The van der Waals surface area contributed by atoms with Crippen molar-refractivity contribution in [1.82, 2.24) is 4.98 Å². The zero-order valence-electron chi connectivity index (χ0n) is 9.90.